The fourth-order valence-electron chi connectivity index (χ4n) is 2.77. The Labute approximate surface area is 138 Å². The fourth-order valence-corrected chi connectivity index (χ4v) is 2.77. The summed E-state index contributed by atoms with van der Waals surface area (Å²) in [7, 11) is 1.56. The Morgan fingerprint density at radius 3 is 2.50 bits per heavy atom. The number of carbonyl (C=O) groups excluding carboxylic acids is 2. The van der Waals surface area contributed by atoms with Crippen LogP contribution in [0.5, 0.6) is 0 Å². The molecule has 0 atom stereocenters. The maximum Gasteiger partial charge on any atom is 0.295 e. The van der Waals surface area contributed by atoms with E-state index in [1.807, 2.05) is 0 Å². The third kappa shape index (κ3) is 2.60. The highest BCUT2D eigenvalue weighted by Crippen LogP contribution is 2.40. The van der Waals surface area contributed by atoms with E-state index in [9.17, 15) is 19.7 Å². The van der Waals surface area contributed by atoms with Crippen molar-refractivity contribution in [3.05, 3.63) is 64.2 Å². The van der Waals surface area contributed by atoms with Crippen LogP contribution >= 0.6 is 0 Å². The smallest absolute Gasteiger partial charge is 0.295 e. The molecule has 7 nitrogen and oxygen atoms in total. The Morgan fingerprint density at radius 2 is 1.83 bits per heavy atom. The number of nitro benzene ring substituents is 1. The Hall–Kier alpha value is -3.22. The lowest BCUT2D eigenvalue weighted by Gasteiger charge is -2.23. The molecule has 0 spiro atoms. The number of hydrogen-bond donors (Lipinski definition) is 0. The van der Waals surface area contributed by atoms with Crippen molar-refractivity contribution in [1.29, 1.82) is 0 Å². The molecule has 2 amide bonds. The molecule has 1 heterocycles. The lowest BCUT2D eigenvalue weighted by Crippen LogP contribution is -2.32. The molecule has 0 radical (unpaired) electrons. The number of nitro groups is 1. The summed E-state index contributed by atoms with van der Waals surface area (Å²) < 4.78 is 0. The molecule has 0 bridgehead atoms. The highest BCUT2D eigenvalue weighted by Gasteiger charge is 2.33. The molecule has 24 heavy (non-hydrogen) atoms. The number of hydrogen-bond acceptors (Lipinski definition) is 4. The molecule has 0 aliphatic carbocycles. The van der Waals surface area contributed by atoms with Crippen LogP contribution in [-0.2, 0) is 4.79 Å². The Kier molecular flexibility index (Phi) is 3.99. The van der Waals surface area contributed by atoms with Crippen LogP contribution in [0.25, 0.3) is 0 Å². The van der Waals surface area contributed by atoms with Gasteiger partial charge < -0.3 is 9.80 Å². The monoisotopic (exact) mass is 325 g/mol. The van der Waals surface area contributed by atoms with E-state index in [0.717, 1.165) is 0 Å². The highest BCUT2D eigenvalue weighted by atomic mass is 16.6. The number of para-hydroxylation sites is 1. The second-order valence-corrected chi connectivity index (χ2v) is 5.43. The SMILES string of the molecule is CN1C(=O)CCN(C(=O)c2ccccc2)c2c1cccc2[N+](=O)[O-]. The molecule has 1 aliphatic rings. The van der Waals surface area contributed by atoms with Gasteiger partial charge in [0.25, 0.3) is 11.6 Å². The van der Waals surface area contributed by atoms with Crippen molar-refractivity contribution < 1.29 is 14.5 Å². The Bertz CT molecular complexity index is 820. The van der Waals surface area contributed by atoms with E-state index in [0.29, 0.717) is 11.3 Å². The molecule has 1 aliphatic heterocycles. The van der Waals surface area contributed by atoms with Gasteiger partial charge in [-0.05, 0) is 18.2 Å². The van der Waals surface area contributed by atoms with Crippen LogP contribution in [-0.4, -0.2) is 30.3 Å². The number of rotatable bonds is 2. The summed E-state index contributed by atoms with van der Waals surface area (Å²) in [6.45, 7) is 0.0920. The van der Waals surface area contributed by atoms with Crippen molar-refractivity contribution in [2.24, 2.45) is 0 Å². The molecule has 0 saturated heterocycles. The molecule has 0 fully saturated rings. The largest absolute Gasteiger partial charge is 0.313 e. The molecule has 0 N–H and O–H groups in total. The molecule has 2 aromatic carbocycles. The minimum Gasteiger partial charge on any atom is -0.313 e. The number of fused-ring (bicyclic) bond motifs is 1. The van der Waals surface area contributed by atoms with E-state index in [2.05, 4.69) is 0 Å². The normalized spacial score (nSPS) is 14.1. The first-order valence-electron chi connectivity index (χ1n) is 7.41. The van der Waals surface area contributed by atoms with Crippen molar-refractivity contribution in [3.8, 4) is 0 Å². The number of anilines is 2. The third-order valence-electron chi connectivity index (χ3n) is 4.01. The van der Waals surface area contributed by atoms with E-state index >= 15 is 0 Å². The first kappa shape index (κ1) is 15.7. The second-order valence-electron chi connectivity index (χ2n) is 5.43. The quantitative estimate of drug-likeness (QED) is 0.627. The topological polar surface area (TPSA) is 83.8 Å². The van der Waals surface area contributed by atoms with Gasteiger partial charge in [0.15, 0.2) is 0 Å². The van der Waals surface area contributed by atoms with Crippen LogP contribution in [0.2, 0.25) is 0 Å². The zero-order chi connectivity index (χ0) is 17.3. The van der Waals surface area contributed by atoms with Gasteiger partial charge in [0.05, 0.1) is 10.6 Å². The summed E-state index contributed by atoms with van der Waals surface area (Å²) in [5.41, 5.74) is 0.734. The van der Waals surface area contributed by atoms with E-state index in [1.54, 1.807) is 43.4 Å². The molecule has 0 aromatic heterocycles. The average molecular weight is 325 g/mol. The molecular formula is C17H15N3O4. The molecule has 0 unspecified atom stereocenters. The number of amides is 2. The number of carbonyl (C=O) groups is 2. The zero-order valence-electron chi connectivity index (χ0n) is 13.0. The van der Waals surface area contributed by atoms with Gasteiger partial charge >= 0.3 is 0 Å². The van der Waals surface area contributed by atoms with Crippen molar-refractivity contribution in [1.82, 2.24) is 0 Å². The van der Waals surface area contributed by atoms with Gasteiger partial charge in [-0.15, -0.1) is 0 Å². The molecule has 0 saturated carbocycles. The van der Waals surface area contributed by atoms with Gasteiger partial charge in [-0.25, -0.2) is 0 Å². The highest BCUT2D eigenvalue weighted by molar-refractivity contribution is 6.12. The fraction of sp³-hybridized carbons (Fsp3) is 0.176. The van der Waals surface area contributed by atoms with Gasteiger partial charge in [0.2, 0.25) is 5.91 Å². The van der Waals surface area contributed by atoms with Crippen molar-refractivity contribution >= 4 is 28.9 Å². The minimum atomic E-state index is -0.534. The summed E-state index contributed by atoms with van der Waals surface area (Å²) >= 11 is 0. The number of benzene rings is 2. The third-order valence-corrected chi connectivity index (χ3v) is 4.01. The second kappa shape index (κ2) is 6.11. The molecule has 7 heteroatoms. The van der Waals surface area contributed by atoms with Crippen LogP contribution in [0.1, 0.15) is 16.8 Å². The summed E-state index contributed by atoms with van der Waals surface area (Å²) in [5.74, 6) is -0.561. The van der Waals surface area contributed by atoms with Crippen LogP contribution in [0.4, 0.5) is 17.1 Å². The molecule has 2 aromatic rings. The summed E-state index contributed by atoms with van der Waals surface area (Å²) in [4.78, 5) is 38.7. The summed E-state index contributed by atoms with van der Waals surface area (Å²) in [6.07, 6.45) is 0.0981. The lowest BCUT2D eigenvalue weighted by atomic mass is 10.1. The molecule has 122 valence electrons. The summed E-state index contributed by atoms with van der Waals surface area (Å²) in [6, 6.07) is 13.0. The Balaban J connectivity index is 2.19. The first-order chi connectivity index (χ1) is 11.5. The maximum atomic E-state index is 12.9. The first-order valence-corrected chi connectivity index (χ1v) is 7.41. The molecular weight excluding hydrogens is 310 g/mol. The van der Waals surface area contributed by atoms with Crippen molar-refractivity contribution in [2.75, 3.05) is 23.4 Å². The predicted molar refractivity (Wildman–Crippen MR) is 89.2 cm³/mol. The van der Waals surface area contributed by atoms with E-state index < -0.39 is 4.92 Å². The average Bonchev–Trinajstić information content (AvgIpc) is 2.73. The predicted octanol–water partition coefficient (Wildman–Crippen LogP) is 2.61. The van der Waals surface area contributed by atoms with Gasteiger partial charge in [-0.2, -0.15) is 0 Å². The van der Waals surface area contributed by atoms with Gasteiger partial charge in [-0.3, -0.25) is 19.7 Å². The standard InChI is InChI=1S/C17H15N3O4/c1-18-13-8-5-9-14(20(23)24)16(13)19(11-10-15(18)21)17(22)12-6-3-2-4-7-12/h2-9H,10-11H2,1H3. The van der Waals surface area contributed by atoms with Gasteiger partial charge in [-0.1, -0.05) is 24.3 Å². The molecule has 3 rings (SSSR count). The lowest BCUT2D eigenvalue weighted by molar-refractivity contribution is -0.384. The van der Waals surface area contributed by atoms with Gasteiger partial charge in [0, 0.05) is 31.6 Å². The van der Waals surface area contributed by atoms with E-state index in [1.165, 1.54) is 21.9 Å². The minimum absolute atomic E-state index is 0.0920. The van der Waals surface area contributed by atoms with Gasteiger partial charge in [0.1, 0.15) is 5.69 Å². The van der Waals surface area contributed by atoms with Crippen molar-refractivity contribution in [2.45, 2.75) is 6.42 Å². The Morgan fingerprint density at radius 1 is 1.12 bits per heavy atom. The van der Waals surface area contributed by atoms with E-state index in [4.69, 9.17) is 0 Å². The van der Waals surface area contributed by atoms with Crippen LogP contribution in [0, 0.1) is 10.1 Å². The van der Waals surface area contributed by atoms with E-state index in [-0.39, 0.29) is 36.2 Å². The number of nitrogens with zero attached hydrogens (tertiary/aromatic N) is 3. The zero-order valence-corrected chi connectivity index (χ0v) is 13.0. The maximum absolute atomic E-state index is 12.9. The van der Waals surface area contributed by atoms with Crippen LogP contribution in [0.3, 0.4) is 0 Å². The summed E-state index contributed by atoms with van der Waals surface area (Å²) in [5, 5.41) is 11.4. The van der Waals surface area contributed by atoms with Crippen molar-refractivity contribution in [3.63, 3.8) is 0 Å². The van der Waals surface area contributed by atoms with Crippen LogP contribution < -0.4 is 9.80 Å². The van der Waals surface area contributed by atoms with Crippen LogP contribution in [0.15, 0.2) is 48.5 Å².